The molecule has 0 aliphatic heterocycles. The van der Waals surface area contributed by atoms with Crippen molar-refractivity contribution in [2.75, 3.05) is 7.05 Å². The molecule has 3 unspecified atom stereocenters. The van der Waals surface area contributed by atoms with E-state index in [0.29, 0.717) is 17.6 Å². The summed E-state index contributed by atoms with van der Waals surface area (Å²) in [7, 11) is 2.11. The number of benzene rings is 1. The third kappa shape index (κ3) is 2.40. The lowest BCUT2D eigenvalue weighted by Crippen LogP contribution is -2.63. The summed E-state index contributed by atoms with van der Waals surface area (Å²) in [6.45, 7) is 2.19. The minimum atomic E-state index is 0.206. The summed E-state index contributed by atoms with van der Waals surface area (Å²) in [6, 6.07) is 11.3. The maximum atomic E-state index is 6.46. The normalized spacial score (nSPS) is 29.9. The van der Waals surface area contributed by atoms with Gasteiger partial charge in [0.15, 0.2) is 0 Å². The summed E-state index contributed by atoms with van der Waals surface area (Å²) in [5.41, 5.74) is 1.71. The molecule has 1 N–H and O–H groups in total. The standard InChI is InChI=1S/C18H27NO/c1-14(15-9-5-3-6-10-15)20-17-13-16(19-2)18(17)11-7-4-8-12-18/h3,5-6,9-10,14,16-17,19H,4,7-8,11-13H2,1-2H3. The molecule has 1 aromatic carbocycles. The summed E-state index contributed by atoms with van der Waals surface area (Å²) in [6.07, 6.45) is 8.64. The van der Waals surface area contributed by atoms with Crippen LogP contribution in [0.4, 0.5) is 0 Å². The summed E-state index contributed by atoms with van der Waals surface area (Å²) in [5.74, 6) is 0. The zero-order valence-electron chi connectivity index (χ0n) is 12.8. The average Bonchev–Trinajstić information content (AvgIpc) is 2.52. The smallest absolute Gasteiger partial charge is 0.0800 e. The molecule has 0 saturated heterocycles. The van der Waals surface area contributed by atoms with Gasteiger partial charge in [0.1, 0.15) is 0 Å². The van der Waals surface area contributed by atoms with Crippen molar-refractivity contribution in [3.63, 3.8) is 0 Å². The van der Waals surface area contributed by atoms with E-state index in [2.05, 4.69) is 49.6 Å². The molecule has 3 atom stereocenters. The minimum Gasteiger partial charge on any atom is -0.370 e. The van der Waals surface area contributed by atoms with Crippen LogP contribution in [0, 0.1) is 5.41 Å². The number of nitrogens with one attached hydrogen (secondary N) is 1. The predicted octanol–water partition coefficient (Wildman–Crippen LogP) is 4.08. The highest BCUT2D eigenvalue weighted by atomic mass is 16.5. The molecule has 3 rings (SSSR count). The van der Waals surface area contributed by atoms with Gasteiger partial charge in [0, 0.05) is 11.5 Å². The molecule has 2 heteroatoms. The summed E-state index contributed by atoms with van der Waals surface area (Å²) in [5, 5.41) is 3.52. The van der Waals surface area contributed by atoms with Crippen LogP contribution >= 0.6 is 0 Å². The van der Waals surface area contributed by atoms with E-state index in [1.54, 1.807) is 0 Å². The molecule has 20 heavy (non-hydrogen) atoms. The second-order valence-electron chi connectivity index (χ2n) is 6.55. The number of hydrogen-bond acceptors (Lipinski definition) is 2. The molecule has 2 aliphatic carbocycles. The number of ether oxygens (including phenoxy) is 1. The van der Waals surface area contributed by atoms with E-state index in [1.807, 2.05) is 0 Å². The Morgan fingerprint density at radius 3 is 2.50 bits per heavy atom. The fourth-order valence-electron chi connectivity index (χ4n) is 4.27. The molecule has 0 amide bonds. The summed E-state index contributed by atoms with van der Waals surface area (Å²) >= 11 is 0. The van der Waals surface area contributed by atoms with Crippen LogP contribution in [0.3, 0.4) is 0 Å². The molecule has 2 aliphatic rings. The van der Waals surface area contributed by atoms with E-state index in [1.165, 1.54) is 44.1 Å². The first-order chi connectivity index (χ1) is 9.76. The fourth-order valence-corrected chi connectivity index (χ4v) is 4.27. The van der Waals surface area contributed by atoms with Crippen LogP contribution < -0.4 is 5.32 Å². The second-order valence-corrected chi connectivity index (χ2v) is 6.55. The van der Waals surface area contributed by atoms with Crippen molar-refractivity contribution in [3.8, 4) is 0 Å². The van der Waals surface area contributed by atoms with Crippen LogP contribution in [0.1, 0.15) is 57.1 Å². The SMILES string of the molecule is CNC1CC(OC(C)c2ccccc2)C12CCCCC2. The Bertz CT molecular complexity index is 424. The quantitative estimate of drug-likeness (QED) is 0.892. The molecule has 1 spiro atoms. The molecule has 0 bridgehead atoms. The van der Waals surface area contributed by atoms with E-state index in [9.17, 15) is 0 Å². The zero-order valence-corrected chi connectivity index (χ0v) is 12.8. The van der Waals surface area contributed by atoms with E-state index in [0.717, 1.165) is 0 Å². The van der Waals surface area contributed by atoms with E-state index >= 15 is 0 Å². The van der Waals surface area contributed by atoms with Crippen molar-refractivity contribution in [2.24, 2.45) is 5.41 Å². The molecule has 2 saturated carbocycles. The number of rotatable bonds is 4. The molecule has 0 heterocycles. The molecule has 1 aromatic rings. The van der Waals surface area contributed by atoms with Crippen LogP contribution in [-0.4, -0.2) is 19.2 Å². The summed E-state index contributed by atoms with van der Waals surface area (Å²) in [4.78, 5) is 0. The summed E-state index contributed by atoms with van der Waals surface area (Å²) < 4.78 is 6.46. The van der Waals surface area contributed by atoms with Gasteiger partial charge in [-0.2, -0.15) is 0 Å². The van der Waals surface area contributed by atoms with Gasteiger partial charge in [-0.15, -0.1) is 0 Å². The van der Waals surface area contributed by atoms with Gasteiger partial charge in [0.05, 0.1) is 12.2 Å². The van der Waals surface area contributed by atoms with Gasteiger partial charge in [0.25, 0.3) is 0 Å². The first-order valence-electron chi connectivity index (χ1n) is 8.14. The van der Waals surface area contributed by atoms with E-state index in [4.69, 9.17) is 4.74 Å². The maximum absolute atomic E-state index is 6.46. The van der Waals surface area contributed by atoms with Crippen molar-refractivity contribution in [1.82, 2.24) is 5.32 Å². The van der Waals surface area contributed by atoms with E-state index in [-0.39, 0.29) is 6.10 Å². The van der Waals surface area contributed by atoms with Crippen molar-refractivity contribution < 1.29 is 4.74 Å². The fraction of sp³-hybridized carbons (Fsp3) is 0.667. The molecule has 0 aromatic heterocycles. The topological polar surface area (TPSA) is 21.3 Å². The Hall–Kier alpha value is -0.860. The maximum Gasteiger partial charge on any atom is 0.0800 e. The van der Waals surface area contributed by atoms with E-state index < -0.39 is 0 Å². The van der Waals surface area contributed by atoms with Crippen LogP contribution in [-0.2, 0) is 4.74 Å². The number of hydrogen-bond donors (Lipinski definition) is 1. The van der Waals surface area contributed by atoms with Gasteiger partial charge in [-0.25, -0.2) is 0 Å². The Kier molecular flexibility index (Phi) is 4.13. The van der Waals surface area contributed by atoms with Crippen LogP contribution in [0.2, 0.25) is 0 Å². The predicted molar refractivity (Wildman–Crippen MR) is 82.7 cm³/mol. The molecule has 2 nitrogen and oxygen atoms in total. The van der Waals surface area contributed by atoms with Crippen LogP contribution in [0.15, 0.2) is 30.3 Å². The van der Waals surface area contributed by atoms with Crippen LogP contribution in [0.5, 0.6) is 0 Å². The second kappa shape index (κ2) is 5.87. The highest BCUT2D eigenvalue weighted by molar-refractivity contribution is 5.17. The van der Waals surface area contributed by atoms with Gasteiger partial charge >= 0.3 is 0 Å². The Morgan fingerprint density at radius 2 is 1.85 bits per heavy atom. The van der Waals surface area contributed by atoms with Gasteiger partial charge in [-0.1, -0.05) is 49.6 Å². The molecular formula is C18H27NO. The lowest BCUT2D eigenvalue weighted by atomic mass is 9.55. The Morgan fingerprint density at radius 1 is 1.15 bits per heavy atom. The van der Waals surface area contributed by atoms with Crippen LogP contribution in [0.25, 0.3) is 0 Å². The van der Waals surface area contributed by atoms with Gasteiger partial charge in [-0.05, 0) is 38.8 Å². The lowest BCUT2D eigenvalue weighted by Gasteiger charge is -2.58. The monoisotopic (exact) mass is 273 g/mol. The molecule has 110 valence electrons. The highest BCUT2D eigenvalue weighted by Crippen LogP contribution is 2.54. The van der Waals surface area contributed by atoms with Crippen molar-refractivity contribution in [3.05, 3.63) is 35.9 Å². The van der Waals surface area contributed by atoms with Crippen molar-refractivity contribution >= 4 is 0 Å². The van der Waals surface area contributed by atoms with Gasteiger partial charge < -0.3 is 10.1 Å². The first-order valence-corrected chi connectivity index (χ1v) is 8.14. The van der Waals surface area contributed by atoms with Crippen molar-refractivity contribution in [2.45, 2.75) is 63.7 Å². The Labute approximate surface area is 122 Å². The molecular weight excluding hydrogens is 246 g/mol. The highest BCUT2D eigenvalue weighted by Gasteiger charge is 2.55. The average molecular weight is 273 g/mol. The van der Waals surface area contributed by atoms with Gasteiger partial charge in [0.2, 0.25) is 0 Å². The zero-order chi connectivity index (χ0) is 14.0. The third-order valence-electron chi connectivity index (χ3n) is 5.56. The first kappa shape index (κ1) is 14.1. The van der Waals surface area contributed by atoms with Gasteiger partial charge in [-0.3, -0.25) is 0 Å². The molecule has 0 radical (unpaired) electrons. The largest absolute Gasteiger partial charge is 0.370 e. The Balaban J connectivity index is 1.68. The lowest BCUT2D eigenvalue weighted by molar-refractivity contribution is -0.173. The molecule has 2 fully saturated rings. The minimum absolute atomic E-state index is 0.206. The van der Waals surface area contributed by atoms with Crippen molar-refractivity contribution in [1.29, 1.82) is 0 Å². The third-order valence-corrected chi connectivity index (χ3v) is 5.56.